The summed E-state index contributed by atoms with van der Waals surface area (Å²) in [6.45, 7) is 8.29. The lowest BCUT2D eigenvalue weighted by Crippen LogP contribution is -2.50. The van der Waals surface area contributed by atoms with Crippen LogP contribution in [0.15, 0.2) is 52.0 Å². The molecular weight excluding hydrogens is 747 g/mol. The predicted molar refractivity (Wildman–Crippen MR) is 206 cm³/mol. The Morgan fingerprint density at radius 2 is 1.48 bits per heavy atom. The molecule has 2 aliphatic rings. The van der Waals surface area contributed by atoms with Gasteiger partial charge in [0.25, 0.3) is 0 Å². The number of hydrogen-bond acceptors (Lipinski definition) is 10. The van der Waals surface area contributed by atoms with Crippen LogP contribution < -0.4 is 15.4 Å². The fourth-order valence-corrected chi connectivity index (χ4v) is 8.11. The maximum atomic E-state index is 13.6. The average molecular weight is 804 g/mol. The molecule has 16 nitrogen and oxygen atoms in total. The molecule has 0 aliphatic carbocycles. The Bertz CT molecular complexity index is 1710. The maximum absolute atomic E-state index is 13.6. The summed E-state index contributed by atoms with van der Waals surface area (Å²) >= 11 is 0. The van der Waals surface area contributed by atoms with Crippen LogP contribution in [0.1, 0.15) is 79.1 Å². The van der Waals surface area contributed by atoms with Crippen LogP contribution in [0.3, 0.4) is 0 Å². The molecule has 4 rings (SSSR count). The summed E-state index contributed by atoms with van der Waals surface area (Å²) in [6.07, 6.45) is 5.88. The second kappa shape index (κ2) is 20.5. The summed E-state index contributed by atoms with van der Waals surface area (Å²) in [5, 5.41) is 14.6. The molecule has 2 aromatic rings. The molecule has 2 saturated heterocycles. The lowest BCUT2D eigenvalue weighted by molar-refractivity contribution is -0.145. The lowest BCUT2D eigenvalue weighted by atomic mass is 9.84. The van der Waals surface area contributed by atoms with Gasteiger partial charge in [0.1, 0.15) is 17.4 Å². The molecule has 3 heterocycles. The minimum absolute atomic E-state index is 0.0121. The quantitative estimate of drug-likeness (QED) is 0.162. The van der Waals surface area contributed by atoms with E-state index in [2.05, 4.69) is 15.4 Å². The average Bonchev–Trinajstić information content (AvgIpc) is 3.71. The highest BCUT2D eigenvalue weighted by Gasteiger charge is 2.31. The monoisotopic (exact) mass is 803 g/mol. The van der Waals surface area contributed by atoms with Crippen LogP contribution in [0.4, 0.5) is 9.59 Å². The van der Waals surface area contributed by atoms with Crippen molar-refractivity contribution in [2.24, 2.45) is 17.8 Å². The molecule has 2 atom stereocenters. The Hall–Kier alpha value is -4.64. The summed E-state index contributed by atoms with van der Waals surface area (Å²) in [5.74, 6) is -1.05. The Morgan fingerprint density at radius 1 is 0.893 bits per heavy atom. The number of nitrogens with zero attached hydrogens (tertiary/aromatic N) is 2. The highest BCUT2D eigenvalue weighted by Crippen LogP contribution is 2.30. The molecule has 0 bridgehead atoms. The second-order valence-electron chi connectivity index (χ2n) is 15.4. The van der Waals surface area contributed by atoms with Crippen molar-refractivity contribution in [2.45, 2.75) is 95.6 Å². The number of amides is 4. The van der Waals surface area contributed by atoms with E-state index in [-0.39, 0.29) is 29.4 Å². The van der Waals surface area contributed by atoms with Crippen molar-refractivity contribution in [3.63, 3.8) is 0 Å². The van der Waals surface area contributed by atoms with E-state index in [1.807, 2.05) is 20.8 Å². The van der Waals surface area contributed by atoms with Crippen LogP contribution in [0.5, 0.6) is 0 Å². The molecule has 310 valence electrons. The summed E-state index contributed by atoms with van der Waals surface area (Å²) in [5.41, 5.74) is 0.0829. The van der Waals surface area contributed by atoms with Gasteiger partial charge in [-0.15, -0.1) is 0 Å². The number of furan rings is 1. The molecule has 2 aliphatic heterocycles. The number of esters is 1. The highest BCUT2D eigenvalue weighted by atomic mass is 32.2. The number of rotatable bonds is 17. The summed E-state index contributed by atoms with van der Waals surface area (Å²) in [6, 6.07) is 7.90. The van der Waals surface area contributed by atoms with Gasteiger partial charge in [-0.3, -0.25) is 14.4 Å². The molecule has 1 aromatic carbocycles. The van der Waals surface area contributed by atoms with Crippen LogP contribution >= 0.6 is 0 Å². The zero-order valence-electron chi connectivity index (χ0n) is 32.8. The molecule has 0 spiro atoms. The number of carboxylic acid groups (broad SMARTS) is 1. The van der Waals surface area contributed by atoms with Crippen LogP contribution in [0.25, 0.3) is 11.3 Å². The van der Waals surface area contributed by atoms with Gasteiger partial charge in [0, 0.05) is 44.2 Å². The molecule has 4 amide bonds. The van der Waals surface area contributed by atoms with E-state index < -0.39 is 58.6 Å². The highest BCUT2D eigenvalue weighted by molar-refractivity contribution is 7.89. The van der Waals surface area contributed by atoms with E-state index in [1.165, 1.54) is 23.3 Å². The third kappa shape index (κ3) is 13.8. The summed E-state index contributed by atoms with van der Waals surface area (Å²) < 4.78 is 44.7. The number of nitrogens with one attached hydrogen (secondary N) is 3. The first kappa shape index (κ1) is 44.1. The van der Waals surface area contributed by atoms with Gasteiger partial charge in [-0.05, 0) is 127 Å². The van der Waals surface area contributed by atoms with Gasteiger partial charge in [0.05, 0.1) is 24.3 Å². The van der Waals surface area contributed by atoms with Crippen LogP contribution in [0.2, 0.25) is 0 Å². The van der Waals surface area contributed by atoms with E-state index in [9.17, 15) is 37.5 Å². The van der Waals surface area contributed by atoms with Crippen molar-refractivity contribution in [3.8, 4) is 11.3 Å². The molecule has 4 N–H and O–H groups in total. The SMILES string of the molecule is CCOC(=O)[C@H](CNC(=O)CNC(=O)C(CCC1CCN(C(=O)O)CC1)CCC1CCN(C(=O)OC(C)(C)C)CC1)NS(=O)(=O)c1ccc(-c2ccco2)cc1. The van der Waals surface area contributed by atoms with Crippen LogP contribution in [0, 0.1) is 17.8 Å². The van der Waals surface area contributed by atoms with Crippen molar-refractivity contribution < 1.29 is 51.4 Å². The number of benzene rings is 1. The smallest absolute Gasteiger partial charge is 0.410 e. The van der Waals surface area contributed by atoms with Gasteiger partial charge in [0.15, 0.2) is 0 Å². The van der Waals surface area contributed by atoms with Crippen molar-refractivity contribution in [2.75, 3.05) is 45.9 Å². The standard InChI is InChI=1S/C39H57N5O11S/c1-5-53-36(47)32(42-56(51,52)31-14-12-29(13-15-31)33-7-6-24-54-33)25-40-34(45)26-41-35(46)30(10-8-27-16-20-43(21-17-27)37(48)49)11-9-28-18-22-44(23-19-28)38(50)55-39(2,3)4/h6-7,12-15,24,27-28,30,32,42H,5,8-11,16-23,25-26H2,1-4H3,(H,40,45)(H,41,46)(H,48,49)/t30?,32-/m0/s1. The number of ether oxygens (including phenoxy) is 2. The number of carbonyl (C=O) groups is 5. The first-order valence-electron chi connectivity index (χ1n) is 19.4. The van der Waals surface area contributed by atoms with Crippen molar-refractivity contribution in [1.29, 1.82) is 0 Å². The Balaban J connectivity index is 1.31. The zero-order valence-corrected chi connectivity index (χ0v) is 33.6. The Labute approximate surface area is 329 Å². The lowest BCUT2D eigenvalue weighted by Gasteiger charge is -2.34. The minimum Gasteiger partial charge on any atom is -0.465 e. The van der Waals surface area contributed by atoms with Gasteiger partial charge >= 0.3 is 18.2 Å². The van der Waals surface area contributed by atoms with E-state index in [4.69, 9.17) is 13.9 Å². The normalized spacial score (nSPS) is 16.8. The first-order valence-corrected chi connectivity index (χ1v) is 20.9. The summed E-state index contributed by atoms with van der Waals surface area (Å²) in [7, 11) is -4.21. The fourth-order valence-electron chi connectivity index (χ4n) is 6.93. The Kier molecular flexibility index (Phi) is 16.1. The molecule has 1 aromatic heterocycles. The largest absolute Gasteiger partial charge is 0.465 e. The number of sulfonamides is 1. The van der Waals surface area contributed by atoms with E-state index >= 15 is 0 Å². The molecule has 56 heavy (non-hydrogen) atoms. The van der Waals surface area contributed by atoms with Gasteiger partial charge in [-0.1, -0.05) is 0 Å². The van der Waals surface area contributed by atoms with E-state index in [1.54, 1.807) is 36.1 Å². The third-order valence-corrected chi connectivity index (χ3v) is 11.6. The predicted octanol–water partition coefficient (Wildman–Crippen LogP) is 4.60. The number of hydrogen-bond donors (Lipinski definition) is 4. The molecule has 0 radical (unpaired) electrons. The number of likely N-dealkylation sites (tertiary alicyclic amines) is 2. The Morgan fingerprint density at radius 3 is 2.00 bits per heavy atom. The van der Waals surface area contributed by atoms with Gasteiger partial charge in [-0.25, -0.2) is 18.0 Å². The first-order chi connectivity index (χ1) is 26.5. The van der Waals surface area contributed by atoms with Crippen molar-refractivity contribution in [3.05, 3.63) is 42.7 Å². The topological polar surface area (TPSA) is 214 Å². The van der Waals surface area contributed by atoms with Crippen LogP contribution in [-0.4, -0.2) is 111 Å². The van der Waals surface area contributed by atoms with Gasteiger partial charge in [-0.2, -0.15) is 4.72 Å². The van der Waals surface area contributed by atoms with E-state index in [0.29, 0.717) is 69.1 Å². The zero-order chi connectivity index (χ0) is 40.9. The van der Waals surface area contributed by atoms with Crippen molar-refractivity contribution in [1.82, 2.24) is 25.2 Å². The maximum Gasteiger partial charge on any atom is 0.410 e. The van der Waals surface area contributed by atoms with Gasteiger partial charge in [0.2, 0.25) is 21.8 Å². The molecule has 2 fully saturated rings. The van der Waals surface area contributed by atoms with Crippen molar-refractivity contribution >= 4 is 40.0 Å². The molecule has 17 heteroatoms. The summed E-state index contributed by atoms with van der Waals surface area (Å²) in [4.78, 5) is 66.2. The van der Waals surface area contributed by atoms with Gasteiger partial charge < -0.3 is 39.4 Å². The third-order valence-electron chi connectivity index (χ3n) is 10.1. The van der Waals surface area contributed by atoms with E-state index in [0.717, 1.165) is 25.7 Å². The molecule has 1 unspecified atom stereocenters. The fraction of sp³-hybridized carbons (Fsp3) is 0.615. The number of carbonyl (C=O) groups excluding carboxylic acids is 4. The molecular formula is C39H57N5O11S. The van der Waals surface area contributed by atoms with Crippen LogP contribution in [-0.2, 0) is 33.9 Å². The molecule has 0 saturated carbocycles. The minimum atomic E-state index is -4.21. The number of piperidine rings is 2. The second-order valence-corrected chi connectivity index (χ2v) is 17.1.